The minimum Gasteiger partial charge on any atom is -0.497 e. The fourth-order valence-corrected chi connectivity index (χ4v) is 6.97. The lowest BCUT2D eigenvalue weighted by Gasteiger charge is -2.34. The molecule has 0 radical (unpaired) electrons. The van der Waals surface area contributed by atoms with Crippen LogP contribution in [-0.4, -0.2) is 65.1 Å². The molecule has 3 aromatic rings. The van der Waals surface area contributed by atoms with E-state index in [-0.39, 0.29) is 29.1 Å². The Labute approximate surface area is 266 Å². The Morgan fingerprint density at radius 3 is 2.11 bits per heavy atom. The quantitative estimate of drug-likeness (QED) is 0.262. The van der Waals surface area contributed by atoms with Crippen molar-refractivity contribution in [3.63, 3.8) is 0 Å². The zero-order chi connectivity index (χ0) is 32.6. The minimum absolute atomic E-state index is 0.0309. The minimum atomic E-state index is -4.22. The van der Waals surface area contributed by atoms with Gasteiger partial charge in [0.2, 0.25) is 11.8 Å². The number of rotatable bonds is 14. The number of methoxy groups -OCH3 is 3. The lowest BCUT2D eigenvalue weighted by atomic mass is 10.1. The van der Waals surface area contributed by atoms with Crippen LogP contribution in [0.5, 0.6) is 17.2 Å². The Hall–Kier alpha value is -4.25. The summed E-state index contributed by atoms with van der Waals surface area (Å²) in [5.41, 5.74) is 1.89. The van der Waals surface area contributed by atoms with E-state index >= 15 is 0 Å². The van der Waals surface area contributed by atoms with Crippen molar-refractivity contribution in [2.24, 2.45) is 0 Å². The smallest absolute Gasteiger partial charge is 0.264 e. The van der Waals surface area contributed by atoms with Crippen molar-refractivity contribution in [3.05, 3.63) is 77.9 Å². The van der Waals surface area contributed by atoms with E-state index in [0.717, 1.165) is 41.1 Å². The fourth-order valence-electron chi connectivity index (χ4n) is 5.56. The van der Waals surface area contributed by atoms with Crippen LogP contribution in [0.4, 0.5) is 5.69 Å². The summed E-state index contributed by atoms with van der Waals surface area (Å²) in [5, 5.41) is 3.13. The highest BCUT2D eigenvalue weighted by Gasteiger charge is 2.35. The Kier molecular flexibility index (Phi) is 11.3. The predicted octanol–water partition coefficient (Wildman–Crippen LogP) is 5.08. The Morgan fingerprint density at radius 2 is 1.53 bits per heavy atom. The average molecular weight is 638 g/mol. The third kappa shape index (κ3) is 8.08. The van der Waals surface area contributed by atoms with Gasteiger partial charge in [-0.25, -0.2) is 8.42 Å². The molecule has 1 atom stereocenters. The number of nitrogens with zero attached hydrogens (tertiary/aromatic N) is 2. The summed E-state index contributed by atoms with van der Waals surface area (Å²) in [6, 6.07) is 17.6. The number of anilines is 1. The largest absolute Gasteiger partial charge is 0.497 e. The van der Waals surface area contributed by atoms with Crippen LogP contribution in [0.2, 0.25) is 0 Å². The van der Waals surface area contributed by atoms with Crippen LogP contribution in [0.1, 0.15) is 50.2 Å². The topological polar surface area (TPSA) is 114 Å². The zero-order valence-corrected chi connectivity index (χ0v) is 27.4. The molecule has 10 nitrogen and oxygen atoms in total. The second-order valence-corrected chi connectivity index (χ2v) is 13.0. The third-order valence-corrected chi connectivity index (χ3v) is 9.93. The van der Waals surface area contributed by atoms with E-state index in [1.807, 2.05) is 26.0 Å². The van der Waals surface area contributed by atoms with Gasteiger partial charge in [-0.3, -0.25) is 13.9 Å². The molecule has 3 aromatic carbocycles. The highest BCUT2D eigenvalue weighted by molar-refractivity contribution is 7.92. The number of carbonyl (C=O) groups excluding carboxylic acids is 2. The van der Waals surface area contributed by atoms with E-state index in [0.29, 0.717) is 23.7 Å². The number of sulfonamides is 1. The third-order valence-electron chi connectivity index (χ3n) is 8.14. The number of carbonyl (C=O) groups is 2. The van der Waals surface area contributed by atoms with Gasteiger partial charge in [0.1, 0.15) is 18.3 Å². The molecule has 0 saturated heterocycles. The molecule has 11 heteroatoms. The number of aryl methyl sites for hydroxylation is 1. The Bertz CT molecular complexity index is 1550. The van der Waals surface area contributed by atoms with E-state index in [9.17, 15) is 18.0 Å². The fraction of sp³-hybridized carbons (Fsp3) is 0.412. The molecule has 1 fully saturated rings. The van der Waals surface area contributed by atoms with E-state index in [1.165, 1.54) is 37.3 Å². The summed E-state index contributed by atoms with van der Waals surface area (Å²) in [7, 11) is 0.289. The van der Waals surface area contributed by atoms with Gasteiger partial charge in [0, 0.05) is 18.7 Å². The van der Waals surface area contributed by atoms with Gasteiger partial charge in [-0.2, -0.15) is 0 Å². The summed E-state index contributed by atoms with van der Waals surface area (Å²) in [6.45, 7) is 3.27. The number of benzene rings is 3. The second-order valence-electron chi connectivity index (χ2n) is 11.1. The predicted molar refractivity (Wildman–Crippen MR) is 173 cm³/mol. The highest BCUT2D eigenvalue weighted by Crippen LogP contribution is 2.34. The standard InChI is InChI=1S/C34H43N3O7S/c1-6-30(34(39)35-26-9-7-8-10-26)36(22-25-13-16-28(42-3)17-14-25)33(38)23-37(27-15-20-31(43-4)32(21-27)44-5)45(40,41)29-18-11-24(2)12-19-29/h11-21,26,30H,6-10,22-23H2,1-5H3,(H,35,39)/t30-/m1/s1. The molecule has 1 saturated carbocycles. The molecule has 0 aromatic heterocycles. The summed E-state index contributed by atoms with van der Waals surface area (Å²) in [4.78, 5) is 29.5. The first kappa shape index (κ1) is 33.6. The van der Waals surface area contributed by atoms with Gasteiger partial charge in [0.05, 0.1) is 31.9 Å². The van der Waals surface area contributed by atoms with Crippen LogP contribution >= 0.6 is 0 Å². The molecule has 0 aliphatic heterocycles. The summed E-state index contributed by atoms with van der Waals surface area (Å²) < 4.78 is 45.5. The number of amides is 2. The maximum atomic E-state index is 14.4. The molecular weight excluding hydrogens is 594 g/mol. The van der Waals surface area contributed by atoms with E-state index < -0.39 is 28.5 Å². The maximum absolute atomic E-state index is 14.4. The number of hydrogen-bond donors (Lipinski definition) is 1. The van der Waals surface area contributed by atoms with Gasteiger partial charge >= 0.3 is 0 Å². The molecule has 1 N–H and O–H groups in total. The maximum Gasteiger partial charge on any atom is 0.264 e. The first-order valence-electron chi connectivity index (χ1n) is 15.2. The first-order chi connectivity index (χ1) is 21.6. The molecule has 0 bridgehead atoms. The lowest BCUT2D eigenvalue weighted by molar-refractivity contribution is -0.140. The monoisotopic (exact) mass is 637 g/mol. The molecule has 1 aliphatic carbocycles. The second kappa shape index (κ2) is 15.2. The molecule has 242 valence electrons. The van der Waals surface area contributed by atoms with Crippen molar-refractivity contribution in [2.45, 2.75) is 69.5 Å². The summed E-state index contributed by atoms with van der Waals surface area (Å²) >= 11 is 0. The normalized spacial score (nSPS) is 14.0. The van der Waals surface area contributed by atoms with Crippen molar-refractivity contribution in [3.8, 4) is 17.2 Å². The summed E-state index contributed by atoms with van der Waals surface area (Å²) in [5.74, 6) is 0.613. The van der Waals surface area contributed by atoms with Crippen LogP contribution < -0.4 is 23.8 Å². The first-order valence-corrected chi connectivity index (χ1v) is 16.6. The Morgan fingerprint density at radius 1 is 0.889 bits per heavy atom. The van der Waals surface area contributed by atoms with Gasteiger partial charge in [-0.05, 0) is 68.1 Å². The SMILES string of the molecule is CC[C@H](C(=O)NC1CCCC1)N(Cc1ccc(OC)cc1)C(=O)CN(c1ccc(OC)c(OC)c1)S(=O)(=O)c1ccc(C)cc1. The molecule has 0 unspecified atom stereocenters. The molecule has 4 rings (SSSR count). The van der Waals surface area contributed by atoms with E-state index in [2.05, 4.69) is 5.32 Å². The van der Waals surface area contributed by atoms with Crippen LogP contribution in [0.3, 0.4) is 0 Å². The molecular formula is C34H43N3O7S. The van der Waals surface area contributed by atoms with Gasteiger partial charge in [0.25, 0.3) is 10.0 Å². The van der Waals surface area contributed by atoms with E-state index in [4.69, 9.17) is 14.2 Å². The van der Waals surface area contributed by atoms with Gasteiger partial charge in [0.15, 0.2) is 11.5 Å². The lowest BCUT2D eigenvalue weighted by Crippen LogP contribution is -2.53. The van der Waals surface area contributed by atoms with Crippen LogP contribution in [0.25, 0.3) is 0 Å². The van der Waals surface area contributed by atoms with Gasteiger partial charge in [-0.1, -0.05) is 49.6 Å². The van der Waals surface area contributed by atoms with Crippen molar-refractivity contribution >= 4 is 27.5 Å². The van der Waals surface area contributed by atoms with Crippen LogP contribution in [0, 0.1) is 6.92 Å². The van der Waals surface area contributed by atoms with Crippen molar-refractivity contribution in [1.82, 2.24) is 10.2 Å². The zero-order valence-electron chi connectivity index (χ0n) is 26.6. The van der Waals surface area contributed by atoms with Crippen LogP contribution in [-0.2, 0) is 26.2 Å². The van der Waals surface area contributed by atoms with Crippen molar-refractivity contribution in [1.29, 1.82) is 0 Å². The number of nitrogens with one attached hydrogen (secondary N) is 1. The molecule has 1 aliphatic rings. The molecule has 0 heterocycles. The average Bonchev–Trinajstić information content (AvgIpc) is 3.56. The number of hydrogen-bond acceptors (Lipinski definition) is 7. The van der Waals surface area contributed by atoms with Crippen molar-refractivity contribution < 1.29 is 32.2 Å². The highest BCUT2D eigenvalue weighted by atomic mass is 32.2. The molecule has 0 spiro atoms. The molecule has 2 amide bonds. The Balaban J connectivity index is 1.75. The van der Waals surface area contributed by atoms with Gasteiger partial charge in [-0.15, -0.1) is 0 Å². The number of ether oxygens (including phenoxy) is 3. The van der Waals surface area contributed by atoms with E-state index in [1.54, 1.807) is 43.5 Å². The van der Waals surface area contributed by atoms with Crippen molar-refractivity contribution in [2.75, 3.05) is 32.2 Å². The van der Waals surface area contributed by atoms with Crippen LogP contribution in [0.15, 0.2) is 71.6 Å². The summed E-state index contributed by atoms with van der Waals surface area (Å²) in [6.07, 6.45) is 4.25. The van der Waals surface area contributed by atoms with Gasteiger partial charge < -0.3 is 24.4 Å². The molecule has 45 heavy (non-hydrogen) atoms.